The Morgan fingerprint density at radius 3 is 2.29 bits per heavy atom. The van der Waals surface area contributed by atoms with Gasteiger partial charge in [-0.3, -0.25) is 0 Å². The zero-order valence-electron chi connectivity index (χ0n) is 8.86. The van der Waals surface area contributed by atoms with Gasteiger partial charge in [-0.15, -0.1) is 0 Å². The van der Waals surface area contributed by atoms with Gasteiger partial charge in [0.15, 0.2) is 5.60 Å². The van der Waals surface area contributed by atoms with Gasteiger partial charge < -0.3 is 14.9 Å². The molecule has 0 aromatic rings. The molecule has 1 aliphatic carbocycles. The minimum atomic E-state index is -1.05. The molecule has 0 heterocycles. The lowest BCUT2D eigenvalue weighted by molar-refractivity contribution is -0.205. The van der Waals surface area contributed by atoms with Crippen molar-refractivity contribution >= 4 is 5.97 Å². The molecule has 4 heteroatoms. The molecule has 0 radical (unpaired) electrons. The van der Waals surface area contributed by atoms with Crippen molar-refractivity contribution < 1.29 is 19.7 Å². The summed E-state index contributed by atoms with van der Waals surface area (Å²) in [5.74, 6) is -0.518. The topological polar surface area (TPSA) is 66.8 Å². The maximum Gasteiger partial charge on any atom is 0.336 e. The number of aliphatic hydroxyl groups excluding tert-OH is 1. The maximum absolute atomic E-state index is 11.0. The number of carboxylic acid groups (broad SMARTS) is 1. The van der Waals surface area contributed by atoms with Crippen molar-refractivity contribution in [3.8, 4) is 0 Å². The molecule has 0 aromatic heterocycles. The van der Waals surface area contributed by atoms with Crippen LogP contribution in [-0.4, -0.2) is 34.0 Å². The Hall–Kier alpha value is -0.610. The minimum absolute atomic E-state index is 0.396. The summed E-state index contributed by atoms with van der Waals surface area (Å²) in [6.07, 6.45) is 0.0134. The van der Waals surface area contributed by atoms with E-state index in [1.165, 1.54) is 0 Å². The summed E-state index contributed by atoms with van der Waals surface area (Å²) in [6, 6.07) is 0. The van der Waals surface area contributed by atoms with Crippen LogP contribution >= 0.6 is 0 Å². The molecule has 1 aliphatic rings. The van der Waals surface area contributed by atoms with Crippen LogP contribution in [0.5, 0.6) is 0 Å². The minimum Gasteiger partial charge on any atom is -0.479 e. The lowest BCUT2D eigenvalue weighted by Crippen LogP contribution is -2.54. The van der Waals surface area contributed by atoms with Crippen LogP contribution in [-0.2, 0) is 9.53 Å². The number of rotatable bonds is 4. The average Bonchev–Trinajstić information content (AvgIpc) is 2.00. The molecule has 0 spiro atoms. The van der Waals surface area contributed by atoms with Crippen LogP contribution in [0.1, 0.15) is 33.6 Å². The van der Waals surface area contributed by atoms with Crippen molar-refractivity contribution in [1.82, 2.24) is 0 Å². The molecule has 1 rings (SSSR count). The summed E-state index contributed by atoms with van der Waals surface area (Å²) >= 11 is 0. The zero-order valence-corrected chi connectivity index (χ0v) is 8.86. The van der Waals surface area contributed by atoms with E-state index < -0.39 is 23.8 Å². The van der Waals surface area contributed by atoms with Crippen molar-refractivity contribution in [2.24, 2.45) is 5.92 Å². The van der Waals surface area contributed by atoms with Crippen LogP contribution in [0.4, 0.5) is 0 Å². The van der Waals surface area contributed by atoms with Gasteiger partial charge in [0.2, 0.25) is 0 Å². The first-order valence-corrected chi connectivity index (χ1v) is 4.96. The molecule has 2 unspecified atom stereocenters. The van der Waals surface area contributed by atoms with Crippen LogP contribution in [0.2, 0.25) is 0 Å². The third-order valence-corrected chi connectivity index (χ3v) is 2.84. The first-order chi connectivity index (χ1) is 6.37. The van der Waals surface area contributed by atoms with Gasteiger partial charge in [0.25, 0.3) is 0 Å². The smallest absolute Gasteiger partial charge is 0.336 e. The second-order valence-electron chi connectivity index (χ2n) is 4.38. The quantitative estimate of drug-likeness (QED) is 0.714. The molecule has 1 saturated carbocycles. The summed E-state index contributed by atoms with van der Waals surface area (Å²) in [4.78, 5) is 11.0. The lowest BCUT2D eigenvalue weighted by Gasteiger charge is -2.44. The number of ether oxygens (including phenoxy) is 1. The summed E-state index contributed by atoms with van der Waals surface area (Å²) in [5.41, 5.74) is -1.05. The van der Waals surface area contributed by atoms with Gasteiger partial charge in [-0.25, -0.2) is 4.79 Å². The highest BCUT2D eigenvalue weighted by atomic mass is 16.5. The number of carbonyl (C=O) groups is 1. The number of carboxylic acids is 1. The van der Waals surface area contributed by atoms with Crippen LogP contribution in [0.25, 0.3) is 0 Å². The fourth-order valence-corrected chi connectivity index (χ4v) is 1.84. The Kier molecular flexibility index (Phi) is 3.17. The van der Waals surface area contributed by atoms with Crippen molar-refractivity contribution in [2.45, 2.75) is 51.4 Å². The molecule has 0 aromatic carbocycles. The van der Waals surface area contributed by atoms with E-state index >= 15 is 0 Å². The van der Waals surface area contributed by atoms with Gasteiger partial charge in [-0.1, -0.05) is 6.92 Å². The standard InChI is InChI=1S/C10H18O4/c1-6-4-10(5-6,9(12)13)14-8(3)7(2)11/h6-8,11H,4-5H2,1-3H3,(H,12,13). The Morgan fingerprint density at radius 2 is 2.00 bits per heavy atom. The predicted octanol–water partition coefficient (Wildman–Crippen LogP) is 1.03. The molecule has 0 amide bonds. The highest BCUT2D eigenvalue weighted by Gasteiger charge is 2.51. The number of aliphatic carboxylic acids is 1. The molecule has 2 atom stereocenters. The van der Waals surface area contributed by atoms with Gasteiger partial charge in [-0.2, -0.15) is 0 Å². The molecule has 82 valence electrons. The highest BCUT2D eigenvalue weighted by Crippen LogP contribution is 2.41. The predicted molar refractivity (Wildman–Crippen MR) is 51.0 cm³/mol. The van der Waals surface area contributed by atoms with E-state index in [1.54, 1.807) is 13.8 Å². The number of aliphatic hydroxyl groups is 1. The second-order valence-corrected chi connectivity index (χ2v) is 4.38. The van der Waals surface area contributed by atoms with E-state index in [4.69, 9.17) is 9.84 Å². The Morgan fingerprint density at radius 1 is 1.50 bits per heavy atom. The van der Waals surface area contributed by atoms with Gasteiger partial charge in [0, 0.05) is 0 Å². The Bertz CT molecular complexity index is 218. The zero-order chi connectivity index (χ0) is 10.9. The fraction of sp³-hybridized carbons (Fsp3) is 0.900. The van der Waals surface area contributed by atoms with Crippen LogP contribution in [0.15, 0.2) is 0 Å². The fourth-order valence-electron chi connectivity index (χ4n) is 1.84. The SMILES string of the molecule is CC1CC(OC(C)C(C)O)(C(=O)O)C1. The summed E-state index contributed by atoms with van der Waals surface area (Å²) in [7, 11) is 0. The number of hydrogen-bond acceptors (Lipinski definition) is 3. The van der Waals surface area contributed by atoms with Crippen molar-refractivity contribution in [3.05, 3.63) is 0 Å². The summed E-state index contributed by atoms with van der Waals surface area (Å²) in [6.45, 7) is 5.29. The maximum atomic E-state index is 11.0. The van der Waals surface area contributed by atoms with Crippen molar-refractivity contribution in [1.29, 1.82) is 0 Å². The van der Waals surface area contributed by atoms with Gasteiger partial charge in [0.05, 0.1) is 12.2 Å². The molecule has 1 fully saturated rings. The van der Waals surface area contributed by atoms with Gasteiger partial charge in [0.1, 0.15) is 0 Å². The molecule has 4 nitrogen and oxygen atoms in total. The summed E-state index contributed by atoms with van der Waals surface area (Å²) < 4.78 is 5.42. The lowest BCUT2D eigenvalue weighted by atomic mass is 9.71. The molecular weight excluding hydrogens is 184 g/mol. The van der Waals surface area contributed by atoms with E-state index in [2.05, 4.69) is 0 Å². The highest BCUT2D eigenvalue weighted by molar-refractivity contribution is 5.78. The van der Waals surface area contributed by atoms with Crippen LogP contribution < -0.4 is 0 Å². The Labute approximate surface area is 83.9 Å². The van der Waals surface area contributed by atoms with Gasteiger partial charge in [-0.05, 0) is 32.6 Å². The monoisotopic (exact) mass is 202 g/mol. The van der Waals surface area contributed by atoms with E-state index in [0.29, 0.717) is 18.8 Å². The third-order valence-electron chi connectivity index (χ3n) is 2.84. The normalized spacial score (nSPS) is 35.9. The average molecular weight is 202 g/mol. The Balaban J connectivity index is 2.58. The first kappa shape index (κ1) is 11.5. The second kappa shape index (κ2) is 3.87. The van der Waals surface area contributed by atoms with E-state index in [9.17, 15) is 9.90 Å². The van der Waals surface area contributed by atoms with E-state index in [1.807, 2.05) is 6.92 Å². The molecule has 0 saturated heterocycles. The summed E-state index contributed by atoms with van der Waals surface area (Å²) in [5, 5.41) is 18.3. The molecular formula is C10H18O4. The molecule has 0 bridgehead atoms. The molecule has 14 heavy (non-hydrogen) atoms. The van der Waals surface area contributed by atoms with Crippen molar-refractivity contribution in [2.75, 3.05) is 0 Å². The van der Waals surface area contributed by atoms with Gasteiger partial charge >= 0.3 is 5.97 Å². The van der Waals surface area contributed by atoms with Crippen molar-refractivity contribution in [3.63, 3.8) is 0 Å². The largest absolute Gasteiger partial charge is 0.479 e. The van der Waals surface area contributed by atoms with Crippen LogP contribution in [0.3, 0.4) is 0 Å². The van der Waals surface area contributed by atoms with E-state index in [0.717, 1.165) is 0 Å². The third kappa shape index (κ3) is 2.07. The van der Waals surface area contributed by atoms with E-state index in [-0.39, 0.29) is 0 Å². The molecule has 2 N–H and O–H groups in total. The van der Waals surface area contributed by atoms with Crippen LogP contribution in [0, 0.1) is 5.92 Å². The first-order valence-electron chi connectivity index (χ1n) is 4.96. The molecule has 0 aliphatic heterocycles. The number of hydrogen-bond donors (Lipinski definition) is 2.